The lowest BCUT2D eigenvalue weighted by Crippen LogP contribution is -2.34. The van der Waals surface area contributed by atoms with Gasteiger partial charge in [-0.25, -0.2) is 9.59 Å². The highest BCUT2D eigenvalue weighted by Gasteiger charge is 2.53. The van der Waals surface area contributed by atoms with Crippen LogP contribution < -0.4 is 0 Å². The maximum absolute atomic E-state index is 11.8. The standard InChI is InChI=1S/C13H16O4.C8H8O3/c1-12(2,3)11-16-10(14)13(15,17-11)9-7-5-4-6-8-9;9-7(8(10)11)6-4-2-1-3-5-6/h4-8,11,15H,1-3H3;1-5,7,9H,(H,10,11)/t11?,13-;7-/m11/s1. The molecule has 0 aliphatic carbocycles. The van der Waals surface area contributed by atoms with Crippen LogP contribution in [0.2, 0.25) is 0 Å². The fraction of sp³-hybridized carbons (Fsp3) is 0.333. The number of hydrogen-bond donors (Lipinski definition) is 3. The second-order valence-corrected chi connectivity index (χ2v) is 7.38. The summed E-state index contributed by atoms with van der Waals surface area (Å²) in [6, 6.07) is 16.8. The second kappa shape index (κ2) is 8.52. The molecule has 150 valence electrons. The maximum Gasteiger partial charge on any atom is 0.374 e. The summed E-state index contributed by atoms with van der Waals surface area (Å²) < 4.78 is 10.5. The Bertz CT molecular complexity index is 799. The fourth-order valence-corrected chi connectivity index (χ4v) is 2.39. The molecule has 1 aliphatic heterocycles. The van der Waals surface area contributed by atoms with Crippen LogP contribution in [0.1, 0.15) is 38.0 Å². The Balaban J connectivity index is 0.000000221. The molecule has 1 fully saturated rings. The largest absolute Gasteiger partial charge is 0.479 e. The van der Waals surface area contributed by atoms with Gasteiger partial charge in [-0.15, -0.1) is 0 Å². The molecule has 1 saturated heterocycles. The van der Waals surface area contributed by atoms with Gasteiger partial charge in [-0.2, -0.15) is 0 Å². The van der Waals surface area contributed by atoms with Crippen molar-refractivity contribution in [3.05, 3.63) is 71.8 Å². The highest BCUT2D eigenvalue weighted by molar-refractivity contribution is 5.80. The lowest BCUT2D eigenvalue weighted by molar-refractivity contribution is -0.224. The second-order valence-electron chi connectivity index (χ2n) is 7.38. The molecule has 0 spiro atoms. The monoisotopic (exact) mass is 388 g/mol. The SMILES string of the molecule is CC(C)(C)C1OC(=O)[C@@](O)(c2ccccc2)O1.O=C(O)[C@H](O)c1ccccc1. The van der Waals surface area contributed by atoms with E-state index in [2.05, 4.69) is 0 Å². The lowest BCUT2D eigenvalue weighted by Gasteiger charge is -2.25. The van der Waals surface area contributed by atoms with Crippen LogP contribution in [0.25, 0.3) is 0 Å². The van der Waals surface area contributed by atoms with Crippen LogP contribution >= 0.6 is 0 Å². The van der Waals surface area contributed by atoms with E-state index < -0.39 is 30.1 Å². The van der Waals surface area contributed by atoms with Crippen molar-refractivity contribution in [3.63, 3.8) is 0 Å². The number of aliphatic carboxylic acids is 1. The molecule has 1 heterocycles. The summed E-state index contributed by atoms with van der Waals surface area (Å²) in [6.07, 6.45) is -2.16. The number of aliphatic hydroxyl groups is 2. The Kier molecular flexibility index (Phi) is 6.56. The molecule has 7 heteroatoms. The first-order valence-electron chi connectivity index (χ1n) is 8.68. The number of carbonyl (C=O) groups is 2. The van der Waals surface area contributed by atoms with Gasteiger partial charge >= 0.3 is 11.9 Å². The highest BCUT2D eigenvalue weighted by Crippen LogP contribution is 2.38. The van der Waals surface area contributed by atoms with Gasteiger partial charge in [0, 0.05) is 11.0 Å². The molecule has 28 heavy (non-hydrogen) atoms. The molecular weight excluding hydrogens is 364 g/mol. The number of aliphatic hydroxyl groups excluding tert-OH is 1. The molecule has 3 N–H and O–H groups in total. The van der Waals surface area contributed by atoms with Crippen molar-refractivity contribution >= 4 is 11.9 Å². The van der Waals surface area contributed by atoms with Gasteiger partial charge in [-0.3, -0.25) is 4.74 Å². The van der Waals surface area contributed by atoms with E-state index in [0.717, 1.165) is 0 Å². The minimum Gasteiger partial charge on any atom is -0.479 e. The minimum atomic E-state index is -1.99. The molecule has 0 aromatic heterocycles. The zero-order valence-electron chi connectivity index (χ0n) is 15.9. The van der Waals surface area contributed by atoms with Gasteiger partial charge in [0.2, 0.25) is 6.29 Å². The van der Waals surface area contributed by atoms with E-state index in [1.54, 1.807) is 60.7 Å². The number of carboxylic acid groups (broad SMARTS) is 1. The summed E-state index contributed by atoms with van der Waals surface area (Å²) in [5.41, 5.74) is 0.409. The summed E-state index contributed by atoms with van der Waals surface area (Å²) in [5.74, 6) is -3.97. The Morgan fingerprint density at radius 2 is 1.54 bits per heavy atom. The molecule has 0 saturated carbocycles. The quantitative estimate of drug-likeness (QED) is 0.693. The zero-order chi connectivity index (χ0) is 20.9. The molecule has 0 amide bonds. The van der Waals surface area contributed by atoms with Crippen molar-refractivity contribution < 1.29 is 34.4 Å². The molecule has 3 rings (SSSR count). The van der Waals surface area contributed by atoms with E-state index in [0.29, 0.717) is 11.1 Å². The smallest absolute Gasteiger partial charge is 0.374 e. The summed E-state index contributed by atoms with van der Waals surface area (Å²) in [6.45, 7) is 5.63. The third kappa shape index (κ3) is 4.95. The van der Waals surface area contributed by atoms with E-state index >= 15 is 0 Å². The minimum absolute atomic E-state index is 0.380. The van der Waals surface area contributed by atoms with Crippen LogP contribution in [0.3, 0.4) is 0 Å². The molecule has 0 bridgehead atoms. The number of esters is 1. The van der Waals surface area contributed by atoms with Gasteiger partial charge in [0.25, 0.3) is 5.79 Å². The van der Waals surface area contributed by atoms with Gasteiger partial charge < -0.3 is 20.1 Å². The normalized spacial score (nSPS) is 22.6. The van der Waals surface area contributed by atoms with Crippen LogP contribution in [0.4, 0.5) is 0 Å². The van der Waals surface area contributed by atoms with Crippen LogP contribution in [-0.4, -0.2) is 33.5 Å². The van der Waals surface area contributed by atoms with Crippen LogP contribution in [0.5, 0.6) is 0 Å². The van der Waals surface area contributed by atoms with Crippen molar-refractivity contribution in [2.75, 3.05) is 0 Å². The molecule has 1 aliphatic rings. The number of rotatable bonds is 3. The van der Waals surface area contributed by atoms with E-state index in [4.69, 9.17) is 19.7 Å². The van der Waals surface area contributed by atoms with Gasteiger partial charge in [0.15, 0.2) is 6.10 Å². The van der Waals surface area contributed by atoms with Crippen molar-refractivity contribution in [2.45, 2.75) is 39.0 Å². The van der Waals surface area contributed by atoms with Crippen LogP contribution in [0, 0.1) is 5.41 Å². The van der Waals surface area contributed by atoms with Crippen molar-refractivity contribution in [3.8, 4) is 0 Å². The van der Waals surface area contributed by atoms with Crippen LogP contribution in [-0.2, 0) is 24.8 Å². The summed E-state index contributed by atoms with van der Waals surface area (Å²) in [7, 11) is 0. The summed E-state index contributed by atoms with van der Waals surface area (Å²) in [4.78, 5) is 22.0. The van der Waals surface area contributed by atoms with Gasteiger partial charge in [-0.05, 0) is 5.56 Å². The van der Waals surface area contributed by atoms with Crippen molar-refractivity contribution in [1.82, 2.24) is 0 Å². The zero-order valence-corrected chi connectivity index (χ0v) is 15.9. The van der Waals surface area contributed by atoms with E-state index in [-0.39, 0.29) is 5.41 Å². The number of carbonyl (C=O) groups excluding carboxylic acids is 1. The third-order valence-corrected chi connectivity index (χ3v) is 3.99. The van der Waals surface area contributed by atoms with Gasteiger partial charge in [0.05, 0.1) is 0 Å². The average molecular weight is 388 g/mol. The van der Waals surface area contributed by atoms with E-state index in [9.17, 15) is 14.7 Å². The molecule has 1 unspecified atom stereocenters. The van der Waals surface area contributed by atoms with E-state index in [1.807, 2.05) is 20.8 Å². The molecular formula is C21H24O7. The first kappa shape index (κ1) is 21.6. The number of hydrogen-bond acceptors (Lipinski definition) is 6. The number of benzene rings is 2. The van der Waals surface area contributed by atoms with Crippen molar-refractivity contribution in [1.29, 1.82) is 0 Å². The van der Waals surface area contributed by atoms with Gasteiger partial charge in [-0.1, -0.05) is 81.4 Å². The molecule has 2 aromatic carbocycles. The lowest BCUT2D eigenvalue weighted by atomic mass is 9.96. The molecule has 7 nitrogen and oxygen atoms in total. The Morgan fingerprint density at radius 3 is 1.96 bits per heavy atom. The summed E-state index contributed by atoms with van der Waals surface area (Å²) >= 11 is 0. The fourth-order valence-electron chi connectivity index (χ4n) is 2.39. The van der Waals surface area contributed by atoms with Crippen LogP contribution in [0.15, 0.2) is 60.7 Å². The Morgan fingerprint density at radius 1 is 1.04 bits per heavy atom. The topological polar surface area (TPSA) is 113 Å². The molecule has 2 aromatic rings. The number of carboxylic acids is 1. The molecule has 0 radical (unpaired) electrons. The predicted molar refractivity (Wildman–Crippen MR) is 99.8 cm³/mol. The number of ether oxygens (including phenoxy) is 2. The van der Waals surface area contributed by atoms with Crippen molar-refractivity contribution in [2.24, 2.45) is 5.41 Å². The first-order chi connectivity index (χ1) is 13.1. The third-order valence-electron chi connectivity index (χ3n) is 3.99. The summed E-state index contributed by atoms with van der Waals surface area (Å²) in [5, 5.41) is 27.7. The van der Waals surface area contributed by atoms with Gasteiger partial charge in [0.1, 0.15) is 0 Å². The number of cyclic esters (lactones) is 1. The Hall–Kier alpha value is -2.74. The highest BCUT2D eigenvalue weighted by atomic mass is 16.8. The maximum atomic E-state index is 11.8. The Labute approximate surface area is 163 Å². The predicted octanol–water partition coefficient (Wildman–Crippen LogP) is 2.58. The molecule has 3 atom stereocenters. The first-order valence-corrected chi connectivity index (χ1v) is 8.68. The average Bonchev–Trinajstić information content (AvgIpc) is 2.99. The van der Waals surface area contributed by atoms with E-state index in [1.165, 1.54) is 0 Å².